The van der Waals surface area contributed by atoms with Crippen molar-refractivity contribution in [1.29, 1.82) is 10.5 Å². The number of hydrogen-bond acceptors (Lipinski definition) is 5. The molecule has 3 heterocycles. The maximum absolute atomic E-state index is 10.1. The fourth-order valence-electron chi connectivity index (χ4n) is 7.72. The van der Waals surface area contributed by atoms with Gasteiger partial charge in [-0.05, 0) is 42.0 Å². The molecular weight excluding hydrogens is 663 g/mol. The van der Waals surface area contributed by atoms with Gasteiger partial charge >= 0.3 is 0 Å². The predicted octanol–water partition coefficient (Wildman–Crippen LogP) is 10.8. The molecule has 10 rings (SSSR count). The van der Waals surface area contributed by atoms with E-state index in [4.69, 9.17) is 15.0 Å². The fourth-order valence-corrected chi connectivity index (χ4v) is 7.72. The first-order chi connectivity index (χ1) is 26.7. The summed E-state index contributed by atoms with van der Waals surface area (Å²) < 4.78 is 4.45. The summed E-state index contributed by atoms with van der Waals surface area (Å²) in [6.07, 6.45) is 0. The minimum atomic E-state index is 0.453. The summed E-state index contributed by atoms with van der Waals surface area (Å²) in [4.78, 5) is 15.4. The molecule has 0 atom stereocenters. The first kappa shape index (κ1) is 30.9. The van der Waals surface area contributed by atoms with E-state index in [0.29, 0.717) is 34.3 Å². The van der Waals surface area contributed by atoms with Crippen molar-refractivity contribution in [2.24, 2.45) is 0 Å². The molecule has 0 amide bonds. The van der Waals surface area contributed by atoms with Gasteiger partial charge in [0.2, 0.25) is 5.95 Å². The molecule has 54 heavy (non-hydrogen) atoms. The summed E-state index contributed by atoms with van der Waals surface area (Å²) in [5, 5.41) is 24.4. The Hall–Kier alpha value is -7.87. The predicted molar refractivity (Wildman–Crippen MR) is 214 cm³/mol. The lowest BCUT2D eigenvalue weighted by Gasteiger charge is -2.14. The third-order valence-corrected chi connectivity index (χ3v) is 10.1. The van der Waals surface area contributed by atoms with E-state index in [1.54, 1.807) is 18.2 Å². The number of aromatic nitrogens is 5. The van der Waals surface area contributed by atoms with Crippen LogP contribution in [0.15, 0.2) is 164 Å². The number of rotatable bonds is 5. The van der Waals surface area contributed by atoms with E-state index in [9.17, 15) is 10.5 Å². The molecule has 10 aromatic rings. The summed E-state index contributed by atoms with van der Waals surface area (Å²) in [5.74, 6) is 1.67. The highest BCUT2D eigenvalue weighted by atomic mass is 15.2. The van der Waals surface area contributed by atoms with Crippen molar-refractivity contribution >= 4 is 43.6 Å². The molecule has 250 valence electrons. The lowest BCUT2D eigenvalue weighted by atomic mass is 9.95. The zero-order valence-electron chi connectivity index (χ0n) is 28.7. The Morgan fingerprint density at radius 3 is 1.46 bits per heavy atom. The van der Waals surface area contributed by atoms with E-state index in [0.717, 1.165) is 66.0 Å². The molecule has 3 aromatic heterocycles. The summed E-state index contributed by atoms with van der Waals surface area (Å²) in [6.45, 7) is 0. The van der Waals surface area contributed by atoms with Crippen LogP contribution in [0.3, 0.4) is 0 Å². The molecule has 0 N–H and O–H groups in total. The molecule has 0 aliphatic heterocycles. The van der Waals surface area contributed by atoms with Crippen molar-refractivity contribution in [2.45, 2.75) is 0 Å². The fraction of sp³-hybridized carbons (Fsp3) is 0. The lowest BCUT2D eigenvalue weighted by Crippen LogP contribution is -2.07. The second-order valence-corrected chi connectivity index (χ2v) is 13.1. The molecule has 0 saturated heterocycles. The van der Waals surface area contributed by atoms with Crippen LogP contribution in [0, 0.1) is 22.7 Å². The van der Waals surface area contributed by atoms with Gasteiger partial charge < -0.3 is 4.57 Å². The maximum Gasteiger partial charge on any atom is 0.238 e. The number of hydrogen-bond donors (Lipinski definition) is 0. The Balaban J connectivity index is 1.34. The molecule has 7 nitrogen and oxygen atoms in total. The molecule has 0 fully saturated rings. The van der Waals surface area contributed by atoms with Gasteiger partial charge in [-0.15, -0.1) is 0 Å². The lowest BCUT2D eigenvalue weighted by molar-refractivity contribution is 0.953. The number of fused-ring (bicyclic) bond motifs is 7. The van der Waals surface area contributed by atoms with Gasteiger partial charge in [-0.3, -0.25) is 4.57 Å². The second-order valence-electron chi connectivity index (χ2n) is 13.1. The van der Waals surface area contributed by atoms with E-state index in [1.165, 1.54) is 0 Å². The van der Waals surface area contributed by atoms with Crippen LogP contribution in [0.1, 0.15) is 11.1 Å². The van der Waals surface area contributed by atoms with Gasteiger partial charge in [0, 0.05) is 43.9 Å². The zero-order chi connectivity index (χ0) is 36.2. The van der Waals surface area contributed by atoms with Crippen LogP contribution in [0.5, 0.6) is 0 Å². The van der Waals surface area contributed by atoms with Crippen LogP contribution in [0.2, 0.25) is 0 Å². The van der Waals surface area contributed by atoms with Crippen molar-refractivity contribution in [3.05, 3.63) is 175 Å². The topological polar surface area (TPSA) is 96.1 Å². The largest absolute Gasteiger partial charge is 0.307 e. The third-order valence-electron chi connectivity index (χ3n) is 10.1. The molecule has 0 aliphatic rings. The molecule has 7 heteroatoms. The highest BCUT2D eigenvalue weighted by molar-refractivity contribution is 6.23. The zero-order valence-corrected chi connectivity index (χ0v) is 28.7. The molecular formula is C47H27N7. The Kier molecular flexibility index (Phi) is 7.11. The van der Waals surface area contributed by atoms with Crippen LogP contribution in [-0.4, -0.2) is 24.1 Å². The van der Waals surface area contributed by atoms with Gasteiger partial charge in [-0.1, -0.05) is 127 Å². The Morgan fingerprint density at radius 1 is 0.407 bits per heavy atom. The Bertz CT molecular complexity index is 3090. The van der Waals surface area contributed by atoms with Crippen LogP contribution >= 0.6 is 0 Å². The van der Waals surface area contributed by atoms with Crippen molar-refractivity contribution in [1.82, 2.24) is 24.1 Å². The van der Waals surface area contributed by atoms with Crippen molar-refractivity contribution in [3.63, 3.8) is 0 Å². The van der Waals surface area contributed by atoms with E-state index in [-0.39, 0.29) is 0 Å². The number of benzene rings is 7. The SMILES string of the molecule is N#Cc1cccc(C#N)c1-c1cccc(-n2c3ccccc3c3ccc4c5ccccc5n(-c5nc(-c6ccccc6)nc(-c6ccccc6)n5)c4c32)c1. The minimum Gasteiger partial charge on any atom is -0.307 e. The van der Waals surface area contributed by atoms with Crippen LogP contribution in [-0.2, 0) is 0 Å². The van der Waals surface area contributed by atoms with E-state index < -0.39 is 0 Å². The summed E-state index contributed by atoms with van der Waals surface area (Å²) >= 11 is 0. The van der Waals surface area contributed by atoms with Gasteiger partial charge in [0.15, 0.2) is 11.6 Å². The van der Waals surface area contributed by atoms with Gasteiger partial charge in [0.25, 0.3) is 0 Å². The molecule has 0 saturated carbocycles. The first-order valence-electron chi connectivity index (χ1n) is 17.6. The number of nitriles is 2. The molecule has 0 bridgehead atoms. The van der Waals surface area contributed by atoms with E-state index >= 15 is 0 Å². The van der Waals surface area contributed by atoms with Crippen molar-refractivity contribution in [2.75, 3.05) is 0 Å². The average molecular weight is 690 g/mol. The highest BCUT2D eigenvalue weighted by Gasteiger charge is 2.24. The van der Waals surface area contributed by atoms with Crippen LogP contribution in [0.4, 0.5) is 0 Å². The van der Waals surface area contributed by atoms with Crippen molar-refractivity contribution in [3.8, 4) is 57.7 Å². The quantitative estimate of drug-likeness (QED) is 0.179. The summed E-state index contributed by atoms with van der Waals surface area (Å²) in [6, 6.07) is 59.1. The van der Waals surface area contributed by atoms with Gasteiger partial charge in [0.05, 0.1) is 45.3 Å². The molecule has 0 radical (unpaired) electrons. The minimum absolute atomic E-state index is 0.453. The smallest absolute Gasteiger partial charge is 0.238 e. The van der Waals surface area contributed by atoms with Gasteiger partial charge in [0.1, 0.15) is 0 Å². The Morgan fingerprint density at radius 2 is 0.889 bits per heavy atom. The number of nitrogens with zero attached hydrogens (tertiary/aromatic N) is 7. The van der Waals surface area contributed by atoms with Gasteiger partial charge in [-0.2, -0.15) is 20.5 Å². The second kappa shape index (κ2) is 12.4. The maximum atomic E-state index is 10.1. The number of para-hydroxylation sites is 2. The molecule has 0 aliphatic carbocycles. The van der Waals surface area contributed by atoms with Crippen molar-refractivity contribution < 1.29 is 0 Å². The van der Waals surface area contributed by atoms with Gasteiger partial charge in [-0.25, -0.2) is 4.98 Å². The first-order valence-corrected chi connectivity index (χ1v) is 17.6. The summed E-state index contributed by atoms with van der Waals surface area (Å²) in [5.41, 5.74) is 8.93. The monoisotopic (exact) mass is 689 g/mol. The molecule has 0 spiro atoms. The van der Waals surface area contributed by atoms with E-state index in [1.807, 2.05) is 78.9 Å². The average Bonchev–Trinajstić information content (AvgIpc) is 3.77. The molecule has 7 aromatic carbocycles. The third kappa shape index (κ3) is 4.77. The summed E-state index contributed by atoms with van der Waals surface area (Å²) in [7, 11) is 0. The Labute approximate surface area is 309 Å². The van der Waals surface area contributed by atoms with E-state index in [2.05, 4.69) is 88.0 Å². The van der Waals surface area contributed by atoms with Crippen LogP contribution < -0.4 is 0 Å². The standard InChI is InChI=1S/C47H27N7/c48-28-33-18-11-19-34(29-49)42(33)32-17-12-20-35(27-32)53-40-23-9-7-21-36(40)38-25-26-39-37-22-8-10-24-41(37)54(44(39)43(38)53)47-51-45(30-13-3-1-4-14-30)50-46(52-47)31-15-5-2-6-16-31/h1-27H. The van der Waals surface area contributed by atoms with Crippen LogP contribution in [0.25, 0.3) is 89.2 Å². The molecule has 0 unspecified atom stereocenters. The highest BCUT2D eigenvalue weighted by Crippen LogP contribution is 2.42. The normalized spacial score (nSPS) is 11.3.